The number of methoxy groups -OCH3 is 1. The quantitative estimate of drug-likeness (QED) is 0.878. The van der Waals surface area contributed by atoms with Gasteiger partial charge in [0, 0.05) is 25.3 Å². The van der Waals surface area contributed by atoms with Crippen LogP contribution in [0.4, 0.5) is 11.6 Å². The van der Waals surface area contributed by atoms with Crippen molar-refractivity contribution in [2.45, 2.75) is 0 Å². The molecule has 1 aromatic heterocycles. The summed E-state index contributed by atoms with van der Waals surface area (Å²) in [5, 5.41) is 3.69. The van der Waals surface area contributed by atoms with Crippen molar-refractivity contribution in [3.8, 4) is 16.9 Å². The van der Waals surface area contributed by atoms with E-state index in [0.717, 1.165) is 22.6 Å². The van der Waals surface area contributed by atoms with Crippen LogP contribution >= 0.6 is 0 Å². The van der Waals surface area contributed by atoms with Gasteiger partial charge in [-0.2, -0.15) is 0 Å². The van der Waals surface area contributed by atoms with E-state index in [-0.39, 0.29) is 0 Å². The predicted molar refractivity (Wildman–Crippen MR) is 67.2 cm³/mol. The summed E-state index contributed by atoms with van der Waals surface area (Å²) < 4.78 is 10.1. The second-order valence-corrected chi connectivity index (χ2v) is 3.88. The van der Waals surface area contributed by atoms with Crippen LogP contribution in [0.3, 0.4) is 0 Å². The molecule has 5 nitrogen and oxygen atoms in total. The molecule has 0 amide bonds. The molecule has 0 aliphatic heterocycles. The van der Waals surface area contributed by atoms with E-state index in [2.05, 4.69) is 5.16 Å². The van der Waals surface area contributed by atoms with Crippen LogP contribution in [0.2, 0.25) is 0 Å². The van der Waals surface area contributed by atoms with Crippen LogP contribution in [0.5, 0.6) is 5.75 Å². The molecule has 90 valence electrons. The number of benzene rings is 1. The smallest absolute Gasteiger partial charge is 0.230 e. The number of hydrogen-bond acceptors (Lipinski definition) is 5. The average molecular weight is 233 g/mol. The molecule has 2 rings (SSSR count). The van der Waals surface area contributed by atoms with Crippen molar-refractivity contribution in [2.24, 2.45) is 0 Å². The molecule has 0 bridgehead atoms. The van der Waals surface area contributed by atoms with Crippen molar-refractivity contribution in [3.05, 3.63) is 24.4 Å². The number of aromatic nitrogens is 1. The van der Waals surface area contributed by atoms with Crippen LogP contribution in [0, 0.1) is 0 Å². The van der Waals surface area contributed by atoms with Gasteiger partial charge in [-0.1, -0.05) is 5.16 Å². The fraction of sp³-hybridized carbons (Fsp3) is 0.250. The van der Waals surface area contributed by atoms with E-state index >= 15 is 0 Å². The highest BCUT2D eigenvalue weighted by Crippen LogP contribution is 2.36. The summed E-state index contributed by atoms with van der Waals surface area (Å²) in [6.07, 6.45) is 1.61. The maximum atomic E-state index is 5.74. The molecule has 0 atom stereocenters. The third-order valence-corrected chi connectivity index (χ3v) is 2.57. The Labute approximate surface area is 99.8 Å². The Morgan fingerprint density at radius 3 is 2.59 bits per heavy atom. The minimum absolute atomic E-state index is 0.307. The number of nitrogens with two attached hydrogens (primary N) is 1. The normalized spacial score (nSPS) is 10.3. The molecular formula is C12H15N3O2. The average Bonchev–Trinajstić information content (AvgIpc) is 2.74. The Morgan fingerprint density at radius 1 is 1.29 bits per heavy atom. The molecule has 1 heterocycles. The second-order valence-electron chi connectivity index (χ2n) is 3.88. The molecule has 17 heavy (non-hydrogen) atoms. The number of rotatable bonds is 3. The van der Waals surface area contributed by atoms with Crippen LogP contribution in [0.1, 0.15) is 0 Å². The third-order valence-electron chi connectivity index (χ3n) is 2.57. The van der Waals surface area contributed by atoms with E-state index in [9.17, 15) is 0 Å². The predicted octanol–water partition coefficient (Wildman–Crippen LogP) is 2.00. The summed E-state index contributed by atoms with van der Waals surface area (Å²) in [6, 6.07) is 5.79. The zero-order chi connectivity index (χ0) is 12.4. The number of nitrogens with zero attached hydrogens (tertiary/aromatic N) is 2. The molecule has 0 unspecified atom stereocenters. The van der Waals surface area contributed by atoms with Crippen LogP contribution in [-0.2, 0) is 0 Å². The Kier molecular flexibility index (Phi) is 2.91. The zero-order valence-electron chi connectivity index (χ0n) is 10.1. The minimum Gasteiger partial charge on any atom is -0.497 e. The fourth-order valence-corrected chi connectivity index (χ4v) is 1.70. The lowest BCUT2D eigenvalue weighted by molar-refractivity contribution is 0.415. The van der Waals surface area contributed by atoms with E-state index in [0.29, 0.717) is 5.88 Å². The first-order valence-electron chi connectivity index (χ1n) is 5.19. The van der Waals surface area contributed by atoms with Gasteiger partial charge in [0.05, 0.1) is 18.9 Å². The summed E-state index contributed by atoms with van der Waals surface area (Å²) in [6.45, 7) is 0. The summed E-state index contributed by atoms with van der Waals surface area (Å²) in [4.78, 5) is 2.00. The molecule has 5 heteroatoms. The van der Waals surface area contributed by atoms with Crippen molar-refractivity contribution in [1.29, 1.82) is 0 Å². The van der Waals surface area contributed by atoms with Gasteiger partial charge in [-0.05, 0) is 18.2 Å². The van der Waals surface area contributed by atoms with Gasteiger partial charge in [0.25, 0.3) is 0 Å². The first kappa shape index (κ1) is 11.3. The maximum Gasteiger partial charge on any atom is 0.230 e. The highest BCUT2D eigenvalue weighted by Gasteiger charge is 2.14. The second kappa shape index (κ2) is 4.37. The number of anilines is 2. The SMILES string of the molecule is COc1ccc(N(C)C)c(-c2cnoc2N)c1. The van der Waals surface area contributed by atoms with E-state index < -0.39 is 0 Å². The van der Waals surface area contributed by atoms with Crippen molar-refractivity contribution < 1.29 is 9.26 Å². The van der Waals surface area contributed by atoms with Gasteiger partial charge >= 0.3 is 0 Å². The Morgan fingerprint density at radius 2 is 2.06 bits per heavy atom. The summed E-state index contributed by atoms with van der Waals surface area (Å²) >= 11 is 0. The van der Waals surface area contributed by atoms with Gasteiger partial charge in [0.15, 0.2) is 0 Å². The van der Waals surface area contributed by atoms with E-state index in [1.54, 1.807) is 13.3 Å². The topological polar surface area (TPSA) is 64.5 Å². The largest absolute Gasteiger partial charge is 0.497 e. The van der Waals surface area contributed by atoms with Crippen LogP contribution in [-0.4, -0.2) is 26.4 Å². The Bertz CT molecular complexity index is 520. The number of hydrogen-bond donors (Lipinski definition) is 1. The van der Waals surface area contributed by atoms with Gasteiger partial charge < -0.3 is 19.9 Å². The van der Waals surface area contributed by atoms with Crippen molar-refractivity contribution in [2.75, 3.05) is 31.8 Å². The monoisotopic (exact) mass is 233 g/mol. The van der Waals surface area contributed by atoms with Gasteiger partial charge in [0.1, 0.15) is 5.75 Å². The third kappa shape index (κ3) is 2.04. The lowest BCUT2D eigenvalue weighted by atomic mass is 10.1. The molecule has 0 saturated carbocycles. The molecule has 1 aromatic carbocycles. The molecule has 0 fully saturated rings. The lowest BCUT2D eigenvalue weighted by Crippen LogP contribution is -2.10. The van der Waals surface area contributed by atoms with Crippen molar-refractivity contribution in [3.63, 3.8) is 0 Å². The first-order chi connectivity index (χ1) is 8.13. The van der Waals surface area contributed by atoms with Crippen molar-refractivity contribution >= 4 is 11.6 Å². The molecule has 0 aliphatic rings. The maximum absolute atomic E-state index is 5.74. The molecule has 0 aliphatic carbocycles. The van der Waals surface area contributed by atoms with Crippen LogP contribution in [0.15, 0.2) is 28.9 Å². The molecule has 2 aromatic rings. The van der Waals surface area contributed by atoms with E-state index in [1.165, 1.54) is 0 Å². The molecule has 0 saturated heterocycles. The van der Waals surface area contributed by atoms with Gasteiger partial charge in [-0.15, -0.1) is 0 Å². The van der Waals surface area contributed by atoms with Crippen LogP contribution in [0.25, 0.3) is 11.1 Å². The van der Waals surface area contributed by atoms with Crippen molar-refractivity contribution in [1.82, 2.24) is 5.16 Å². The Hall–Kier alpha value is -2.17. The van der Waals surface area contributed by atoms with E-state index in [4.69, 9.17) is 15.0 Å². The highest BCUT2D eigenvalue weighted by molar-refractivity contribution is 5.84. The number of nitrogen functional groups attached to an aromatic ring is 1. The zero-order valence-corrected chi connectivity index (χ0v) is 10.1. The molecular weight excluding hydrogens is 218 g/mol. The van der Waals surface area contributed by atoms with E-state index in [1.807, 2.05) is 37.2 Å². The lowest BCUT2D eigenvalue weighted by Gasteiger charge is -2.17. The highest BCUT2D eigenvalue weighted by atomic mass is 16.5. The minimum atomic E-state index is 0.307. The first-order valence-corrected chi connectivity index (χ1v) is 5.19. The standard InChI is InChI=1S/C12H15N3O2/c1-15(2)11-5-4-8(16-3)6-9(11)10-7-14-17-12(10)13/h4-7H,13H2,1-3H3. The van der Waals surface area contributed by atoms with Gasteiger partial charge in [-0.3, -0.25) is 0 Å². The molecule has 2 N–H and O–H groups in total. The van der Waals surface area contributed by atoms with Gasteiger partial charge in [-0.25, -0.2) is 0 Å². The van der Waals surface area contributed by atoms with Gasteiger partial charge in [0.2, 0.25) is 5.88 Å². The molecule has 0 radical (unpaired) electrons. The number of ether oxygens (including phenoxy) is 1. The summed E-state index contributed by atoms with van der Waals surface area (Å²) in [7, 11) is 5.56. The fourth-order valence-electron chi connectivity index (χ4n) is 1.70. The summed E-state index contributed by atoms with van der Waals surface area (Å²) in [5.74, 6) is 1.08. The van der Waals surface area contributed by atoms with Crippen LogP contribution < -0.4 is 15.4 Å². The Balaban J connectivity index is 2.61. The summed E-state index contributed by atoms with van der Waals surface area (Å²) in [5.41, 5.74) is 8.48. The molecule has 0 spiro atoms.